The van der Waals surface area contributed by atoms with Crippen LogP contribution >= 0.6 is 11.6 Å². The molecule has 0 saturated heterocycles. The Bertz CT molecular complexity index is 401. The summed E-state index contributed by atoms with van der Waals surface area (Å²) in [6, 6.07) is 5.29. The topological polar surface area (TPSA) is 73.9 Å². The maximum absolute atomic E-state index is 9.69. The first kappa shape index (κ1) is 17.2. The first-order chi connectivity index (χ1) is 9.54. The van der Waals surface area contributed by atoms with Gasteiger partial charge in [-0.2, -0.15) is 0 Å². The number of aliphatic hydroxyl groups is 1. The molecular formula is C14H22ClNO4. The van der Waals surface area contributed by atoms with Crippen molar-refractivity contribution in [2.24, 2.45) is 5.73 Å². The Morgan fingerprint density at radius 2 is 2.05 bits per heavy atom. The molecule has 5 nitrogen and oxygen atoms in total. The van der Waals surface area contributed by atoms with Gasteiger partial charge in [-0.3, -0.25) is 0 Å². The summed E-state index contributed by atoms with van der Waals surface area (Å²) in [6.45, 7) is 3.13. The van der Waals surface area contributed by atoms with E-state index in [4.69, 9.17) is 31.5 Å². The van der Waals surface area contributed by atoms with E-state index in [0.29, 0.717) is 24.0 Å². The molecular weight excluding hydrogens is 282 g/mol. The van der Waals surface area contributed by atoms with Crippen LogP contribution in [-0.4, -0.2) is 44.7 Å². The minimum absolute atomic E-state index is 0.0821. The molecule has 0 aromatic heterocycles. The van der Waals surface area contributed by atoms with Gasteiger partial charge in [0.05, 0.1) is 24.8 Å². The molecule has 2 atom stereocenters. The number of nitrogens with two attached hydrogens (primary N) is 1. The number of hydrogen-bond donors (Lipinski definition) is 2. The Kier molecular flexibility index (Phi) is 7.87. The largest absolute Gasteiger partial charge is 0.489 e. The van der Waals surface area contributed by atoms with Crippen LogP contribution in [-0.2, 0) is 9.47 Å². The van der Waals surface area contributed by atoms with E-state index in [1.165, 1.54) is 0 Å². The highest BCUT2D eigenvalue weighted by molar-refractivity contribution is 6.32. The molecule has 0 fully saturated rings. The number of ether oxygens (including phenoxy) is 3. The molecule has 1 rings (SSSR count). The molecule has 1 aromatic rings. The predicted octanol–water partition coefficient (Wildman–Crippen LogP) is 1.76. The van der Waals surface area contributed by atoms with Crippen molar-refractivity contribution in [3.05, 3.63) is 28.8 Å². The van der Waals surface area contributed by atoms with Crippen LogP contribution in [0.3, 0.4) is 0 Å². The molecule has 0 aliphatic rings. The SMILES string of the molecule is COCCOCC(O)COc1ccc(C(C)N)cc1Cl. The molecule has 0 saturated carbocycles. The van der Waals surface area contributed by atoms with Crippen molar-refractivity contribution in [1.82, 2.24) is 0 Å². The van der Waals surface area contributed by atoms with Crippen LogP contribution in [0, 0.1) is 0 Å². The Morgan fingerprint density at radius 3 is 2.65 bits per heavy atom. The van der Waals surface area contributed by atoms with Gasteiger partial charge in [-0.25, -0.2) is 0 Å². The number of hydrogen-bond acceptors (Lipinski definition) is 5. The first-order valence-electron chi connectivity index (χ1n) is 6.47. The molecule has 6 heteroatoms. The van der Waals surface area contributed by atoms with Crippen LogP contribution in [0.5, 0.6) is 5.75 Å². The van der Waals surface area contributed by atoms with Crippen molar-refractivity contribution in [3.8, 4) is 5.75 Å². The van der Waals surface area contributed by atoms with Crippen molar-refractivity contribution in [3.63, 3.8) is 0 Å². The number of halogens is 1. The molecule has 3 N–H and O–H groups in total. The second-order valence-corrected chi connectivity index (χ2v) is 4.92. The first-order valence-corrected chi connectivity index (χ1v) is 6.85. The third-order valence-electron chi connectivity index (χ3n) is 2.65. The van der Waals surface area contributed by atoms with Crippen molar-refractivity contribution < 1.29 is 19.3 Å². The maximum atomic E-state index is 9.69. The Hall–Kier alpha value is -0.850. The molecule has 0 heterocycles. The predicted molar refractivity (Wildman–Crippen MR) is 78.3 cm³/mol. The smallest absolute Gasteiger partial charge is 0.138 e. The molecule has 20 heavy (non-hydrogen) atoms. The van der Waals surface area contributed by atoms with Gasteiger partial charge in [0.15, 0.2) is 0 Å². The zero-order valence-corrected chi connectivity index (χ0v) is 12.6. The van der Waals surface area contributed by atoms with Crippen LogP contribution < -0.4 is 10.5 Å². The Balaban J connectivity index is 2.37. The lowest BCUT2D eigenvalue weighted by Crippen LogP contribution is -2.24. The maximum Gasteiger partial charge on any atom is 0.138 e. The normalized spacial score (nSPS) is 14.1. The average Bonchev–Trinajstić information content (AvgIpc) is 2.42. The second-order valence-electron chi connectivity index (χ2n) is 4.51. The molecule has 2 unspecified atom stereocenters. The number of benzene rings is 1. The van der Waals surface area contributed by atoms with Crippen LogP contribution in [0.25, 0.3) is 0 Å². The van der Waals surface area contributed by atoms with Crippen molar-refractivity contribution >= 4 is 11.6 Å². The fourth-order valence-corrected chi connectivity index (χ4v) is 1.76. The second kappa shape index (κ2) is 9.15. The van der Waals surface area contributed by atoms with Gasteiger partial charge in [0, 0.05) is 13.2 Å². The van der Waals surface area contributed by atoms with E-state index in [0.717, 1.165) is 5.56 Å². The van der Waals surface area contributed by atoms with E-state index in [9.17, 15) is 5.11 Å². The number of rotatable bonds is 9. The lowest BCUT2D eigenvalue weighted by Gasteiger charge is -2.14. The minimum Gasteiger partial charge on any atom is -0.489 e. The summed E-state index contributed by atoms with van der Waals surface area (Å²) in [7, 11) is 1.59. The fraction of sp³-hybridized carbons (Fsp3) is 0.571. The minimum atomic E-state index is -0.712. The van der Waals surface area contributed by atoms with Gasteiger partial charge < -0.3 is 25.1 Å². The van der Waals surface area contributed by atoms with Crippen molar-refractivity contribution in [2.75, 3.05) is 33.5 Å². The van der Waals surface area contributed by atoms with Gasteiger partial charge in [0.25, 0.3) is 0 Å². The van der Waals surface area contributed by atoms with Gasteiger partial charge in [0.1, 0.15) is 18.5 Å². The van der Waals surface area contributed by atoms with Crippen molar-refractivity contribution in [2.45, 2.75) is 19.1 Å². The monoisotopic (exact) mass is 303 g/mol. The molecule has 0 amide bonds. The summed E-state index contributed by atoms with van der Waals surface area (Å²) < 4.78 is 15.5. The highest BCUT2D eigenvalue weighted by Crippen LogP contribution is 2.27. The summed E-state index contributed by atoms with van der Waals surface area (Å²) in [5.74, 6) is 0.520. The number of aliphatic hydroxyl groups excluding tert-OH is 1. The van der Waals surface area contributed by atoms with Gasteiger partial charge in [0.2, 0.25) is 0 Å². The van der Waals surface area contributed by atoms with Crippen LogP contribution in [0.15, 0.2) is 18.2 Å². The molecule has 0 spiro atoms. The third-order valence-corrected chi connectivity index (χ3v) is 2.95. The highest BCUT2D eigenvalue weighted by atomic mass is 35.5. The summed E-state index contributed by atoms with van der Waals surface area (Å²) in [6.07, 6.45) is -0.712. The van der Waals surface area contributed by atoms with Crippen LogP contribution in [0.4, 0.5) is 0 Å². The van der Waals surface area contributed by atoms with E-state index >= 15 is 0 Å². The van der Waals surface area contributed by atoms with Crippen LogP contribution in [0.2, 0.25) is 5.02 Å². The number of methoxy groups -OCH3 is 1. The van der Waals surface area contributed by atoms with E-state index in [1.54, 1.807) is 19.2 Å². The standard InChI is InChI=1S/C14H22ClNO4/c1-10(16)11-3-4-14(13(15)7-11)20-9-12(17)8-19-6-5-18-2/h3-4,7,10,12,17H,5-6,8-9,16H2,1-2H3. The van der Waals surface area contributed by atoms with Gasteiger partial charge in [-0.05, 0) is 24.6 Å². The lowest BCUT2D eigenvalue weighted by atomic mass is 10.1. The molecule has 0 bridgehead atoms. The summed E-state index contributed by atoms with van der Waals surface area (Å²) in [5, 5.41) is 10.2. The fourth-order valence-electron chi connectivity index (χ4n) is 1.51. The average molecular weight is 304 g/mol. The van der Waals surface area contributed by atoms with Crippen LogP contribution in [0.1, 0.15) is 18.5 Å². The molecule has 0 aliphatic carbocycles. The van der Waals surface area contributed by atoms with E-state index in [-0.39, 0.29) is 19.3 Å². The Labute approximate surface area is 124 Å². The summed E-state index contributed by atoms with van der Waals surface area (Å²) >= 11 is 6.09. The van der Waals surface area contributed by atoms with E-state index in [2.05, 4.69) is 0 Å². The Morgan fingerprint density at radius 1 is 1.30 bits per heavy atom. The molecule has 0 aliphatic heterocycles. The van der Waals surface area contributed by atoms with E-state index < -0.39 is 6.10 Å². The van der Waals surface area contributed by atoms with Gasteiger partial charge >= 0.3 is 0 Å². The lowest BCUT2D eigenvalue weighted by molar-refractivity contribution is -0.00418. The summed E-state index contributed by atoms with van der Waals surface area (Å²) in [5.41, 5.74) is 6.70. The molecule has 114 valence electrons. The van der Waals surface area contributed by atoms with Gasteiger partial charge in [-0.15, -0.1) is 0 Å². The van der Waals surface area contributed by atoms with E-state index in [1.807, 2.05) is 13.0 Å². The van der Waals surface area contributed by atoms with Gasteiger partial charge in [-0.1, -0.05) is 17.7 Å². The quantitative estimate of drug-likeness (QED) is 0.680. The highest BCUT2D eigenvalue weighted by Gasteiger charge is 2.09. The molecule has 1 aromatic carbocycles. The van der Waals surface area contributed by atoms with Crippen molar-refractivity contribution in [1.29, 1.82) is 0 Å². The zero-order chi connectivity index (χ0) is 15.0. The summed E-state index contributed by atoms with van der Waals surface area (Å²) in [4.78, 5) is 0. The molecule has 0 radical (unpaired) electrons. The zero-order valence-electron chi connectivity index (χ0n) is 11.8. The third kappa shape index (κ3) is 6.07.